The molecule has 1 fully saturated rings. The predicted octanol–water partition coefficient (Wildman–Crippen LogP) is 3.19. The SMILES string of the molecule is Cc1c[nH]c2ncc(-c3cc4c(c([C@H]5CCCN5)c3)CN(C(=O)C(C)O)C4)cc12. The fraction of sp³-hybridized carbons (Fsp3) is 0.391. The third-order valence-electron chi connectivity index (χ3n) is 6.26. The number of benzene rings is 1. The molecule has 2 atom stereocenters. The first-order chi connectivity index (χ1) is 14.0. The number of pyridine rings is 1. The van der Waals surface area contributed by atoms with Gasteiger partial charge in [-0.1, -0.05) is 0 Å². The zero-order valence-corrected chi connectivity index (χ0v) is 16.8. The van der Waals surface area contributed by atoms with Crippen LogP contribution in [0.4, 0.5) is 0 Å². The summed E-state index contributed by atoms with van der Waals surface area (Å²) >= 11 is 0. The van der Waals surface area contributed by atoms with Gasteiger partial charge in [-0.2, -0.15) is 0 Å². The fourth-order valence-electron chi connectivity index (χ4n) is 4.68. The number of carbonyl (C=O) groups excluding carboxylic acids is 1. The summed E-state index contributed by atoms with van der Waals surface area (Å²) in [4.78, 5) is 22.0. The Morgan fingerprint density at radius 1 is 1.28 bits per heavy atom. The van der Waals surface area contributed by atoms with E-state index in [0.29, 0.717) is 19.1 Å². The minimum Gasteiger partial charge on any atom is -0.384 e. The summed E-state index contributed by atoms with van der Waals surface area (Å²) in [6, 6.07) is 6.96. The Morgan fingerprint density at radius 3 is 2.90 bits per heavy atom. The van der Waals surface area contributed by atoms with Crippen molar-refractivity contribution < 1.29 is 9.90 Å². The number of hydrogen-bond donors (Lipinski definition) is 3. The molecule has 2 aliphatic heterocycles. The van der Waals surface area contributed by atoms with E-state index in [-0.39, 0.29) is 5.91 Å². The molecular formula is C23H26N4O2. The van der Waals surface area contributed by atoms with E-state index >= 15 is 0 Å². The first kappa shape index (κ1) is 18.3. The molecule has 5 rings (SSSR count). The lowest BCUT2D eigenvalue weighted by Gasteiger charge is -2.19. The quantitative estimate of drug-likeness (QED) is 0.642. The summed E-state index contributed by atoms with van der Waals surface area (Å²) in [5, 5.41) is 14.5. The molecule has 29 heavy (non-hydrogen) atoms. The van der Waals surface area contributed by atoms with Crippen LogP contribution in [0.5, 0.6) is 0 Å². The van der Waals surface area contributed by atoms with Crippen molar-refractivity contribution in [1.82, 2.24) is 20.2 Å². The Labute approximate surface area is 170 Å². The first-order valence-corrected chi connectivity index (χ1v) is 10.3. The number of fused-ring (bicyclic) bond motifs is 2. The molecule has 0 spiro atoms. The molecule has 0 bridgehead atoms. The van der Waals surface area contributed by atoms with Crippen LogP contribution in [0.15, 0.2) is 30.6 Å². The van der Waals surface area contributed by atoms with Gasteiger partial charge in [0.15, 0.2) is 0 Å². The van der Waals surface area contributed by atoms with E-state index in [1.807, 2.05) is 12.4 Å². The zero-order chi connectivity index (χ0) is 20.1. The summed E-state index contributed by atoms with van der Waals surface area (Å²) in [5.41, 5.74) is 7.99. The van der Waals surface area contributed by atoms with Crippen LogP contribution < -0.4 is 5.32 Å². The van der Waals surface area contributed by atoms with Crippen molar-refractivity contribution in [2.45, 2.75) is 51.9 Å². The second-order valence-electron chi connectivity index (χ2n) is 8.31. The first-order valence-electron chi connectivity index (χ1n) is 10.3. The average molecular weight is 390 g/mol. The summed E-state index contributed by atoms with van der Waals surface area (Å²) in [6.45, 7) is 5.76. The van der Waals surface area contributed by atoms with E-state index in [2.05, 4.69) is 40.4 Å². The zero-order valence-electron chi connectivity index (χ0n) is 16.8. The van der Waals surface area contributed by atoms with Crippen LogP contribution in [0, 0.1) is 6.92 Å². The van der Waals surface area contributed by atoms with Gasteiger partial charge in [0, 0.05) is 42.5 Å². The normalized spacial score (nSPS) is 19.7. The van der Waals surface area contributed by atoms with E-state index in [1.54, 1.807) is 4.90 Å². The number of nitrogens with zero attached hydrogens (tertiary/aromatic N) is 2. The standard InChI is InChI=1S/C23H26N4O2/c1-13-9-25-22-18(13)8-16(10-26-22)15-6-17-11-27(23(29)14(2)28)12-20(17)19(7-15)21-4-3-5-24-21/h6-10,14,21,24,28H,3-5,11-12H2,1-2H3,(H,25,26)/t14?,21-/m1/s1. The maximum atomic E-state index is 12.4. The summed E-state index contributed by atoms with van der Waals surface area (Å²) in [7, 11) is 0. The van der Waals surface area contributed by atoms with Gasteiger partial charge in [-0.25, -0.2) is 4.98 Å². The molecule has 1 aromatic carbocycles. The van der Waals surface area contributed by atoms with E-state index < -0.39 is 6.10 Å². The summed E-state index contributed by atoms with van der Waals surface area (Å²) in [5.74, 6) is -0.209. The van der Waals surface area contributed by atoms with E-state index in [0.717, 1.165) is 41.5 Å². The third-order valence-corrected chi connectivity index (χ3v) is 6.26. The van der Waals surface area contributed by atoms with Gasteiger partial charge in [-0.3, -0.25) is 4.79 Å². The Bertz CT molecular complexity index is 1100. The Kier molecular flexibility index (Phi) is 4.41. The predicted molar refractivity (Wildman–Crippen MR) is 112 cm³/mol. The molecule has 3 aromatic rings. The summed E-state index contributed by atoms with van der Waals surface area (Å²) in [6.07, 6.45) is 5.20. The lowest BCUT2D eigenvalue weighted by molar-refractivity contribution is -0.139. The maximum absolute atomic E-state index is 12.4. The highest BCUT2D eigenvalue weighted by molar-refractivity contribution is 5.85. The molecule has 0 saturated carbocycles. The minimum absolute atomic E-state index is 0.209. The van der Waals surface area contributed by atoms with Crippen molar-refractivity contribution in [2.75, 3.05) is 6.54 Å². The van der Waals surface area contributed by atoms with Crippen molar-refractivity contribution in [3.63, 3.8) is 0 Å². The van der Waals surface area contributed by atoms with Crippen LogP contribution in [-0.2, 0) is 17.9 Å². The van der Waals surface area contributed by atoms with Crippen LogP contribution in [0.3, 0.4) is 0 Å². The number of rotatable bonds is 3. The number of aromatic nitrogens is 2. The molecule has 3 N–H and O–H groups in total. The number of H-pyrrole nitrogens is 1. The van der Waals surface area contributed by atoms with Crippen LogP contribution in [0.2, 0.25) is 0 Å². The van der Waals surface area contributed by atoms with Crippen molar-refractivity contribution in [1.29, 1.82) is 0 Å². The van der Waals surface area contributed by atoms with E-state index in [9.17, 15) is 9.90 Å². The molecule has 1 amide bonds. The third kappa shape index (κ3) is 3.12. The average Bonchev–Trinajstić information content (AvgIpc) is 3.46. The van der Waals surface area contributed by atoms with E-state index in [4.69, 9.17) is 0 Å². The lowest BCUT2D eigenvalue weighted by atomic mass is 9.91. The minimum atomic E-state index is -0.972. The highest BCUT2D eigenvalue weighted by Gasteiger charge is 2.31. The largest absolute Gasteiger partial charge is 0.384 e. The number of aliphatic hydroxyl groups excluding tert-OH is 1. The molecule has 0 aliphatic carbocycles. The topological polar surface area (TPSA) is 81.2 Å². The van der Waals surface area contributed by atoms with E-state index in [1.165, 1.54) is 29.2 Å². The molecular weight excluding hydrogens is 364 g/mol. The second kappa shape index (κ2) is 6.97. The lowest BCUT2D eigenvalue weighted by Crippen LogP contribution is -2.33. The number of aromatic amines is 1. The smallest absolute Gasteiger partial charge is 0.251 e. The molecule has 6 heteroatoms. The Morgan fingerprint density at radius 2 is 2.14 bits per heavy atom. The fourth-order valence-corrected chi connectivity index (χ4v) is 4.68. The molecule has 150 valence electrons. The van der Waals surface area contributed by atoms with Gasteiger partial charge in [0.1, 0.15) is 11.8 Å². The van der Waals surface area contributed by atoms with Crippen molar-refractivity contribution in [2.24, 2.45) is 0 Å². The molecule has 0 radical (unpaired) electrons. The number of hydrogen-bond acceptors (Lipinski definition) is 4. The van der Waals surface area contributed by atoms with Crippen LogP contribution in [-0.4, -0.2) is 38.5 Å². The molecule has 2 aromatic heterocycles. The monoisotopic (exact) mass is 390 g/mol. The number of carbonyl (C=O) groups is 1. The van der Waals surface area contributed by atoms with Crippen LogP contribution in [0.1, 0.15) is 48.1 Å². The Hall–Kier alpha value is -2.70. The highest BCUT2D eigenvalue weighted by atomic mass is 16.3. The number of nitrogens with one attached hydrogen (secondary N) is 2. The Balaban J connectivity index is 1.60. The second-order valence-corrected chi connectivity index (χ2v) is 8.31. The van der Waals surface area contributed by atoms with Gasteiger partial charge in [0.05, 0.1) is 0 Å². The van der Waals surface area contributed by atoms with Gasteiger partial charge in [0.2, 0.25) is 0 Å². The van der Waals surface area contributed by atoms with Gasteiger partial charge < -0.3 is 20.3 Å². The molecule has 2 aliphatic rings. The molecule has 4 heterocycles. The maximum Gasteiger partial charge on any atom is 0.251 e. The van der Waals surface area contributed by atoms with Crippen molar-refractivity contribution in [3.05, 3.63) is 52.8 Å². The molecule has 1 unspecified atom stereocenters. The molecule has 6 nitrogen and oxygen atoms in total. The number of amides is 1. The number of aliphatic hydroxyl groups is 1. The van der Waals surface area contributed by atoms with Gasteiger partial charge >= 0.3 is 0 Å². The molecule has 1 saturated heterocycles. The van der Waals surface area contributed by atoms with Gasteiger partial charge in [-0.15, -0.1) is 0 Å². The van der Waals surface area contributed by atoms with Crippen molar-refractivity contribution in [3.8, 4) is 11.1 Å². The van der Waals surface area contributed by atoms with Crippen LogP contribution in [0.25, 0.3) is 22.2 Å². The van der Waals surface area contributed by atoms with Crippen molar-refractivity contribution >= 4 is 16.9 Å². The van der Waals surface area contributed by atoms with Crippen LogP contribution >= 0.6 is 0 Å². The van der Waals surface area contributed by atoms with Gasteiger partial charge in [0.25, 0.3) is 5.91 Å². The van der Waals surface area contributed by atoms with Gasteiger partial charge in [-0.05, 0) is 79.3 Å². The summed E-state index contributed by atoms with van der Waals surface area (Å²) < 4.78 is 0. The highest BCUT2D eigenvalue weighted by Crippen LogP contribution is 2.37. The number of aryl methyl sites for hydroxylation is 1.